The summed E-state index contributed by atoms with van der Waals surface area (Å²) in [6, 6.07) is 5.16. The third-order valence-electron chi connectivity index (χ3n) is 4.14. The van der Waals surface area contributed by atoms with Gasteiger partial charge in [-0.15, -0.1) is 0 Å². The second kappa shape index (κ2) is 7.35. The molecule has 1 fully saturated rings. The molecule has 1 saturated heterocycles. The number of hydrogen-bond acceptors (Lipinski definition) is 6. The van der Waals surface area contributed by atoms with Gasteiger partial charge in [0.05, 0.1) is 21.1 Å². The van der Waals surface area contributed by atoms with Gasteiger partial charge < -0.3 is 24.3 Å². The fourth-order valence-corrected chi connectivity index (χ4v) is 3.92. The smallest absolute Gasteiger partial charge is 0.302 e. The molecule has 0 aliphatic carbocycles. The Morgan fingerprint density at radius 1 is 1.38 bits per heavy atom. The van der Waals surface area contributed by atoms with E-state index in [-0.39, 0.29) is 22.2 Å². The third kappa shape index (κ3) is 3.20. The lowest BCUT2D eigenvalue weighted by Gasteiger charge is -2.19. The van der Waals surface area contributed by atoms with Crippen molar-refractivity contribution in [3.8, 4) is 6.07 Å². The van der Waals surface area contributed by atoms with Gasteiger partial charge in [-0.25, -0.2) is 0 Å². The summed E-state index contributed by atoms with van der Waals surface area (Å²) in [5, 5.41) is 31.2. The molecule has 1 aromatic carbocycles. The van der Waals surface area contributed by atoms with E-state index in [1.54, 1.807) is 12.1 Å². The predicted molar refractivity (Wildman–Crippen MR) is 96.9 cm³/mol. The van der Waals surface area contributed by atoms with Crippen molar-refractivity contribution < 1.29 is 24.5 Å². The molecule has 2 N–H and O–H groups in total. The van der Waals surface area contributed by atoms with Crippen LogP contribution < -0.4 is 0 Å². The topological polar surface area (TPSA) is 105 Å². The van der Waals surface area contributed by atoms with Crippen LogP contribution in [0.4, 0.5) is 0 Å². The van der Waals surface area contributed by atoms with E-state index in [0.717, 1.165) is 0 Å². The van der Waals surface area contributed by atoms with Crippen LogP contribution in [0.1, 0.15) is 18.7 Å². The van der Waals surface area contributed by atoms with Crippen LogP contribution >= 0.6 is 39.1 Å². The zero-order chi connectivity index (χ0) is 19.2. The van der Waals surface area contributed by atoms with Crippen molar-refractivity contribution in [2.75, 3.05) is 6.61 Å². The SMILES string of the molecule is CC(=O)OC[C@H]1O[C@@H](n2c(Br)c(C#N)c3cc(Cl)c(Cl)cc32)C(O)C1O. The number of carbonyl (C=O) groups excluding carboxylic acids is 1. The number of esters is 1. The Balaban J connectivity index is 2.08. The average Bonchev–Trinajstić information content (AvgIpc) is 3.00. The molecule has 4 atom stereocenters. The molecule has 2 unspecified atom stereocenters. The van der Waals surface area contributed by atoms with Crippen molar-refractivity contribution in [3.63, 3.8) is 0 Å². The van der Waals surface area contributed by atoms with E-state index in [1.165, 1.54) is 11.5 Å². The maximum absolute atomic E-state index is 11.0. The highest BCUT2D eigenvalue weighted by Crippen LogP contribution is 2.41. The summed E-state index contributed by atoms with van der Waals surface area (Å²) < 4.78 is 12.4. The summed E-state index contributed by atoms with van der Waals surface area (Å²) in [7, 11) is 0. The molecule has 2 heterocycles. The van der Waals surface area contributed by atoms with Crippen molar-refractivity contribution in [1.82, 2.24) is 4.57 Å². The largest absolute Gasteiger partial charge is 0.463 e. The summed E-state index contributed by atoms with van der Waals surface area (Å²) in [6.45, 7) is 1.02. The minimum Gasteiger partial charge on any atom is -0.463 e. The molecule has 3 rings (SSSR count). The average molecular weight is 464 g/mol. The molecule has 0 amide bonds. The highest BCUT2D eigenvalue weighted by Gasteiger charge is 2.45. The number of benzene rings is 1. The van der Waals surface area contributed by atoms with E-state index >= 15 is 0 Å². The summed E-state index contributed by atoms with van der Waals surface area (Å²) in [4.78, 5) is 11.0. The van der Waals surface area contributed by atoms with Crippen molar-refractivity contribution in [2.45, 2.75) is 31.5 Å². The quantitative estimate of drug-likeness (QED) is 0.678. The van der Waals surface area contributed by atoms with E-state index in [0.29, 0.717) is 15.5 Å². The van der Waals surface area contributed by atoms with Gasteiger partial charge in [-0.05, 0) is 28.1 Å². The molecule has 0 bridgehead atoms. The lowest BCUT2D eigenvalue weighted by Crippen LogP contribution is -2.34. The normalized spacial score (nSPS) is 25.4. The second-order valence-electron chi connectivity index (χ2n) is 5.78. The molecule has 7 nitrogen and oxygen atoms in total. The van der Waals surface area contributed by atoms with Crippen LogP contribution in [0.15, 0.2) is 16.7 Å². The van der Waals surface area contributed by atoms with Crippen LogP contribution in [0, 0.1) is 11.3 Å². The number of halogens is 3. The lowest BCUT2D eigenvalue weighted by atomic mass is 10.1. The van der Waals surface area contributed by atoms with E-state index in [9.17, 15) is 20.3 Å². The van der Waals surface area contributed by atoms with Crippen molar-refractivity contribution in [3.05, 3.63) is 32.3 Å². The first-order chi connectivity index (χ1) is 12.3. The van der Waals surface area contributed by atoms with Crippen molar-refractivity contribution in [1.29, 1.82) is 5.26 Å². The van der Waals surface area contributed by atoms with Gasteiger partial charge in [-0.3, -0.25) is 4.79 Å². The van der Waals surface area contributed by atoms with Gasteiger partial charge >= 0.3 is 5.97 Å². The number of rotatable bonds is 3. The molecule has 2 aromatic rings. The first kappa shape index (κ1) is 19.4. The number of nitrogens with zero attached hydrogens (tertiary/aromatic N) is 2. The number of aromatic nitrogens is 1. The van der Waals surface area contributed by atoms with Crippen LogP contribution in [0.25, 0.3) is 10.9 Å². The second-order valence-corrected chi connectivity index (χ2v) is 7.35. The van der Waals surface area contributed by atoms with Crippen LogP contribution in [0.3, 0.4) is 0 Å². The molecular formula is C16H13BrCl2N2O5. The minimum atomic E-state index is -1.32. The number of fused-ring (bicyclic) bond motifs is 1. The van der Waals surface area contributed by atoms with Gasteiger partial charge in [0.1, 0.15) is 35.6 Å². The summed E-state index contributed by atoms with van der Waals surface area (Å²) >= 11 is 15.5. The maximum atomic E-state index is 11.0. The van der Waals surface area contributed by atoms with Gasteiger partial charge in [0, 0.05) is 12.3 Å². The predicted octanol–water partition coefficient (Wildman–Crippen LogP) is 2.76. The molecule has 1 aromatic heterocycles. The minimum absolute atomic E-state index is 0.210. The van der Waals surface area contributed by atoms with Crippen molar-refractivity contribution >= 4 is 56.0 Å². The molecule has 138 valence electrons. The van der Waals surface area contributed by atoms with E-state index in [2.05, 4.69) is 22.0 Å². The molecule has 0 spiro atoms. The zero-order valence-corrected chi connectivity index (χ0v) is 16.4. The highest BCUT2D eigenvalue weighted by atomic mass is 79.9. The van der Waals surface area contributed by atoms with E-state index < -0.39 is 30.5 Å². The molecule has 26 heavy (non-hydrogen) atoms. The van der Waals surface area contributed by atoms with Gasteiger partial charge in [-0.2, -0.15) is 5.26 Å². The van der Waals surface area contributed by atoms with Gasteiger partial charge in [-0.1, -0.05) is 23.2 Å². The Hall–Kier alpha value is -1.34. The third-order valence-corrected chi connectivity index (χ3v) is 5.64. The summed E-state index contributed by atoms with van der Waals surface area (Å²) in [5.74, 6) is -0.528. The fraction of sp³-hybridized carbons (Fsp3) is 0.375. The van der Waals surface area contributed by atoms with Gasteiger partial charge in [0.25, 0.3) is 0 Å². The number of hydrogen-bond donors (Lipinski definition) is 2. The van der Waals surface area contributed by atoms with Crippen molar-refractivity contribution in [2.24, 2.45) is 0 Å². The Labute approximate surface area is 166 Å². The molecule has 1 aliphatic rings. The molecule has 10 heteroatoms. The molecule has 0 radical (unpaired) electrons. The van der Waals surface area contributed by atoms with E-state index in [1.807, 2.05) is 0 Å². The highest BCUT2D eigenvalue weighted by molar-refractivity contribution is 9.10. The zero-order valence-electron chi connectivity index (χ0n) is 13.3. The monoisotopic (exact) mass is 462 g/mol. The number of carbonyl (C=O) groups is 1. The number of aliphatic hydroxyl groups is 2. The standard InChI is InChI=1S/C16H13BrCl2N2O5/c1-6(22)25-5-12-13(23)14(24)16(26-12)21-11-3-10(19)9(18)2-7(11)8(4-20)15(21)17/h2-3,12-14,16,23-24H,5H2,1H3/t12-,13?,14?,16-/m1/s1. The number of aliphatic hydroxyl groups excluding tert-OH is 2. The molecule has 0 saturated carbocycles. The van der Waals surface area contributed by atoms with Gasteiger partial charge in [0.15, 0.2) is 6.23 Å². The van der Waals surface area contributed by atoms with Gasteiger partial charge in [0.2, 0.25) is 0 Å². The Morgan fingerprint density at radius 2 is 2.04 bits per heavy atom. The van der Waals surface area contributed by atoms with Crippen LogP contribution in [0.2, 0.25) is 10.0 Å². The summed E-state index contributed by atoms with van der Waals surface area (Å²) in [5.41, 5.74) is 0.777. The summed E-state index contributed by atoms with van der Waals surface area (Å²) in [6.07, 6.45) is -4.54. The number of nitriles is 1. The van der Waals surface area contributed by atoms with Crippen LogP contribution in [-0.4, -0.2) is 45.7 Å². The fourth-order valence-electron chi connectivity index (χ4n) is 2.91. The first-order valence-corrected chi connectivity index (χ1v) is 9.04. The Kier molecular flexibility index (Phi) is 5.49. The van der Waals surface area contributed by atoms with Crippen LogP contribution in [0.5, 0.6) is 0 Å². The Morgan fingerprint density at radius 3 is 2.65 bits per heavy atom. The Bertz CT molecular complexity index is 926. The van der Waals surface area contributed by atoms with E-state index in [4.69, 9.17) is 32.7 Å². The first-order valence-electron chi connectivity index (χ1n) is 7.49. The number of ether oxygens (including phenoxy) is 2. The maximum Gasteiger partial charge on any atom is 0.302 e. The molecule has 1 aliphatic heterocycles. The lowest BCUT2D eigenvalue weighted by molar-refractivity contribution is -0.147. The van der Waals surface area contributed by atoms with Crippen LogP contribution in [-0.2, 0) is 14.3 Å². The molecular weight excluding hydrogens is 451 g/mol.